The highest BCUT2D eigenvalue weighted by Gasteiger charge is 2.20. The first-order valence-corrected chi connectivity index (χ1v) is 17.8. The second kappa shape index (κ2) is 11.6. The highest BCUT2D eigenvalue weighted by molar-refractivity contribution is 9.10. The van der Waals surface area contributed by atoms with E-state index in [0.717, 1.165) is 10.2 Å². The molecule has 10 rings (SSSR count). The molecule has 0 saturated carbocycles. The van der Waals surface area contributed by atoms with E-state index in [-0.39, 0.29) is 0 Å². The lowest BCUT2D eigenvalue weighted by atomic mass is 9.84. The molecule has 0 aliphatic rings. The zero-order valence-corrected chi connectivity index (χ0v) is 28.7. The van der Waals surface area contributed by atoms with Crippen LogP contribution in [0.2, 0.25) is 0 Å². The third-order valence-corrected chi connectivity index (χ3v) is 10.7. The zero-order valence-electron chi connectivity index (χ0n) is 27.1. The minimum Gasteiger partial charge on any atom is -0.309 e. The predicted octanol–water partition coefficient (Wildman–Crippen LogP) is 14.0. The molecule has 0 N–H and O–H groups in total. The van der Waals surface area contributed by atoms with Crippen LogP contribution in [0.1, 0.15) is 0 Å². The second-order valence-corrected chi connectivity index (χ2v) is 13.9. The van der Waals surface area contributed by atoms with Gasteiger partial charge >= 0.3 is 0 Å². The molecule has 2 heteroatoms. The van der Waals surface area contributed by atoms with Gasteiger partial charge in [-0.25, -0.2) is 0 Å². The summed E-state index contributed by atoms with van der Waals surface area (Å²) in [5.41, 5.74) is 11.0. The number of halogens is 1. The Balaban J connectivity index is 1.23. The van der Waals surface area contributed by atoms with Crippen LogP contribution in [0.3, 0.4) is 0 Å². The Morgan fingerprint density at radius 3 is 1.56 bits per heavy atom. The lowest BCUT2D eigenvalue weighted by Gasteiger charge is -2.19. The van der Waals surface area contributed by atoms with E-state index in [9.17, 15) is 0 Å². The summed E-state index contributed by atoms with van der Waals surface area (Å²) in [6, 6.07) is 66.5. The number of rotatable bonds is 4. The van der Waals surface area contributed by atoms with Crippen LogP contribution < -0.4 is 0 Å². The van der Waals surface area contributed by atoms with Crippen LogP contribution in [-0.4, -0.2) is 4.57 Å². The molecular weight excluding hydrogens is 670 g/mol. The number of hydrogen-bond acceptors (Lipinski definition) is 0. The van der Waals surface area contributed by atoms with Gasteiger partial charge in [-0.1, -0.05) is 155 Å². The van der Waals surface area contributed by atoms with Crippen LogP contribution in [0.5, 0.6) is 0 Å². The van der Waals surface area contributed by atoms with Gasteiger partial charge in [-0.2, -0.15) is 0 Å². The highest BCUT2D eigenvalue weighted by atomic mass is 79.9. The maximum absolute atomic E-state index is 3.79. The molecule has 0 amide bonds. The van der Waals surface area contributed by atoms with Crippen molar-refractivity contribution in [1.82, 2.24) is 4.57 Å². The summed E-state index contributed by atoms with van der Waals surface area (Å²) >= 11 is 3.79. The molecule has 0 aliphatic heterocycles. The summed E-state index contributed by atoms with van der Waals surface area (Å²) in [6.45, 7) is 0. The van der Waals surface area contributed by atoms with Gasteiger partial charge in [0.2, 0.25) is 0 Å². The molecule has 234 valence electrons. The Morgan fingerprint density at radius 2 is 0.860 bits per heavy atom. The van der Waals surface area contributed by atoms with E-state index in [1.165, 1.54) is 87.5 Å². The lowest BCUT2D eigenvalue weighted by molar-refractivity contribution is 1.18. The molecule has 0 fully saturated rings. The van der Waals surface area contributed by atoms with Crippen molar-refractivity contribution in [3.05, 3.63) is 186 Å². The summed E-state index contributed by atoms with van der Waals surface area (Å²) in [5.74, 6) is 0. The Labute approximate surface area is 298 Å². The Hall–Kier alpha value is -5.96. The summed E-state index contributed by atoms with van der Waals surface area (Å²) in [4.78, 5) is 0. The fourth-order valence-corrected chi connectivity index (χ4v) is 8.40. The van der Waals surface area contributed by atoms with Crippen LogP contribution >= 0.6 is 15.9 Å². The summed E-state index contributed by atoms with van der Waals surface area (Å²) in [5, 5.41) is 10.0. The molecular formula is C48H30BrN. The number of benzene rings is 9. The van der Waals surface area contributed by atoms with E-state index in [0.29, 0.717) is 0 Å². The van der Waals surface area contributed by atoms with E-state index in [1.54, 1.807) is 0 Å². The first kappa shape index (κ1) is 29.0. The summed E-state index contributed by atoms with van der Waals surface area (Å²) in [6.07, 6.45) is 0. The van der Waals surface area contributed by atoms with Crippen LogP contribution in [0.15, 0.2) is 186 Å². The zero-order chi connectivity index (χ0) is 33.2. The summed E-state index contributed by atoms with van der Waals surface area (Å²) in [7, 11) is 0. The highest BCUT2D eigenvalue weighted by Crippen LogP contribution is 2.46. The topological polar surface area (TPSA) is 4.93 Å². The van der Waals surface area contributed by atoms with Crippen molar-refractivity contribution in [3.8, 4) is 39.1 Å². The van der Waals surface area contributed by atoms with Crippen molar-refractivity contribution >= 4 is 70.1 Å². The Morgan fingerprint density at radius 1 is 0.340 bits per heavy atom. The van der Waals surface area contributed by atoms with Gasteiger partial charge in [-0.15, -0.1) is 0 Å². The fraction of sp³-hybridized carbons (Fsp3) is 0. The van der Waals surface area contributed by atoms with Gasteiger partial charge < -0.3 is 4.57 Å². The van der Waals surface area contributed by atoms with E-state index < -0.39 is 0 Å². The quantitative estimate of drug-likeness (QED) is 0.161. The number of nitrogens with zero attached hydrogens (tertiary/aromatic N) is 1. The first-order chi connectivity index (χ1) is 24.7. The molecule has 0 bridgehead atoms. The predicted molar refractivity (Wildman–Crippen MR) is 217 cm³/mol. The maximum atomic E-state index is 3.79. The van der Waals surface area contributed by atoms with Gasteiger partial charge in [0.25, 0.3) is 0 Å². The van der Waals surface area contributed by atoms with Crippen molar-refractivity contribution in [2.45, 2.75) is 0 Å². The van der Waals surface area contributed by atoms with Crippen molar-refractivity contribution in [1.29, 1.82) is 0 Å². The molecule has 10 aromatic rings. The van der Waals surface area contributed by atoms with E-state index >= 15 is 0 Å². The average molecular weight is 701 g/mol. The monoisotopic (exact) mass is 699 g/mol. The number of hydrogen-bond donors (Lipinski definition) is 0. The molecule has 1 nitrogen and oxygen atoms in total. The fourth-order valence-electron chi connectivity index (χ4n) is 8.04. The van der Waals surface area contributed by atoms with Crippen molar-refractivity contribution in [2.24, 2.45) is 0 Å². The van der Waals surface area contributed by atoms with Gasteiger partial charge in [0.05, 0.1) is 11.0 Å². The van der Waals surface area contributed by atoms with Crippen molar-refractivity contribution < 1.29 is 0 Å². The standard InChI is InChI=1S/C48H30BrN/c49-35-24-28-46-44(30-35)43-29-34(23-27-45(43)50(46)36-25-21-32(22-26-36)31-11-2-1-3-12-31)47-39-16-6-8-18-41(39)48(42-19-9-7-17-40(42)47)38-20-10-14-33-13-4-5-15-37(33)38/h1-30H. The number of aromatic nitrogens is 1. The Kier molecular flexibility index (Phi) is 6.72. The van der Waals surface area contributed by atoms with Crippen molar-refractivity contribution in [3.63, 3.8) is 0 Å². The molecule has 1 aromatic heterocycles. The maximum Gasteiger partial charge on any atom is 0.0541 e. The van der Waals surface area contributed by atoms with E-state index in [4.69, 9.17) is 0 Å². The molecule has 0 aliphatic carbocycles. The molecule has 9 aromatic carbocycles. The number of fused-ring (bicyclic) bond motifs is 6. The Bertz CT molecular complexity index is 2850. The van der Waals surface area contributed by atoms with Gasteiger partial charge in [-0.3, -0.25) is 0 Å². The second-order valence-electron chi connectivity index (χ2n) is 13.0. The van der Waals surface area contributed by atoms with Gasteiger partial charge in [0.1, 0.15) is 0 Å². The minimum atomic E-state index is 1.07. The average Bonchev–Trinajstić information content (AvgIpc) is 3.50. The molecule has 50 heavy (non-hydrogen) atoms. The molecule has 0 saturated heterocycles. The smallest absolute Gasteiger partial charge is 0.0541 e. The largest absolute Gasteiger partial charge is 0.309 e. The van der Waals surface area contributed by atoms with E-state index in [2.05, 4.69) is 202 Å². The molecule has 1 heterocycles. The molecule has 0 spiro atoms. The van der Waals surface area contributed by atoms with Gasteiger partial charge in [0, 0.05) is 20.9 Å². The third-order valence-electron chi connectivity index (χ3n) is 10.2. The van der Waals surface area contributed by atoms with E-state index in [1.807, 2.05) is 0 Å². The SMILES string of the molecule is Brc1ccc2c(c1)c1cc(-c3c4ccccc4c(-c4cccc5ccccc45)c4ccccc34)ccc1n2-c1ccc(-c2ccccc2)cc1. The van der Waals surface area contributed by atoms with Crippen molar-refractivity contribution in [2.75, 3.05) is 0 Å². The summed E-state index contributed by atoms with van der Waals surface area (Å²) < 4.78 is 3.47. The third kappa shape index (κ3) is 4.53. The minimum absolute atomic E-state index is 1.07. The van der Waals surface area contributed by atoms with Gasteiger partial charge in [0.15, 0.2) is 0 Å². The first-order valence-electron chi connectivity index (χ1n) is 17.0. The van der Waals surface area contributed by atoms with Gasteiger partial charge in [-0.05, 0) is 108 Å². The lowest BCUT2D eigenvalue weighted by Crippen LogP contribution is -1.94. The van der Waals surface area contributed by atoms with Crippen LogP contribution in [-0.2, 0) is 0 Å². The molecule has 0 radical (unpaired) electrons. The van der Waals surface area contributed by atoms with Crippen LogP contribution in [0.4, 0.5) is 0 Å². The van der Waals surface area contributed by atoms with Crippen LogP contribution in [0.25, 0.3) is 93.2 Å². The van der Waals surface area contributed by atoms with Crippen LogP contribution in [0, 0.1) is 0 Å². The molecule has 0 unspecified atom stereocenters. The normalized spacial score (nSPS) is 11.7. The molecule has 0 atom stereocenters.